The number of hydrogen-bond donors (Lipinski definition) is 0. The molecule has 1 aliphatic rings. The van der Waals surface area contributed by atoms with Gasteiger partial charge in [-0.05, 0) is 23.6 Å². The third-order valence-electron chi connectivity index (χ3n) is 5.44. The number of aromatic nitrogens is 2. The van der Waals surface area contributed by atoms with Crippen molar-refractivity contribution in [2.24, 2.45) is 5.10 Å². The molecule has 0 saturated heterocycles. The zero-order chi connectivity index (χ0) is 21.2. The second kappa shape index (κ2) is 8.32. The van der Waals surface area contributed by atoms with Gasteiger partial charge in [-0.25, -0.2) is 9.69 Å². The molecule has 0 radical (unpaired) electrons. The van der Waals surface area contributed by atoms with Crippen LogP contribution in [0.4, 0.5) is 0 Å². The van der Waals surface area contributed by atoms with E-state index in [0.717, 1.165) is 33.1 Å². The molecule has 0 aliphatic carbocycles. The quantitative estimate of drug-likeness (QED) is 0.412. The van der Waals surface area contributed by atoms with Gasteiger partial charge in [0.25, 0.3) is 0 Å². The van der Waals surface area contributed by atoms with Crippen LogP contribution in [0.3, 0.4) is 0 Å². The summed E-state index contributed by atoms with van der Waals surface area (Å²) < 4.78 is 1.90. The van der Waals surface area contributed by atoms with E-state index in [1.807, 2.05) is 77.8 Å². The number of rotatable bonds is 5. The van der Waals surface area contributed by atoms with E-state index in [9.17, 15) is 4.79 Å². The van der Waals surface area contributed by atoms with Crippen molar-refractivity contribution in [2.75, 3.05) is 0 Å². The van der Waals surface area contributed by atoms with Crippen LogP contribution in [0.1, 0.15) is 36.2 Å². The molecule has 3 heterocycles. The van der Waals surface area contributed by atoms with E-state index in [-0.39, 0.29) is 11.9 Å². The first-order valence-corrected chi connectivity index (χ1v) is 11.3. The van der Waals surface area contributed by atoms with Crippen molar-refractivity contribution in [1.82, 2.24) is 14.8 Å². The molecule has 4 aromatic rings. The van der Waals surface area contributed by atoms with E-state index in [4.69, 9.17) is 10.2 Å². The summed E-state index contributed by atoms with van der Waals surface area (Å²) in [5, 5.41) is 13.4. The van der Waals surface area contributed by atoms with Crippen LogP contribution in [-0.2, 0) is 4.79 Å². The molecule has 0 spiro atoms. The highest BCUT2D eigenvalue weighted by Gasteiger charge is 2.35. The van der Waals surface area contributed by atoms with Gasteiger partial charge in [-0.15, -0.1) is 11.3 Å². The Morgan fingerprint density at radius 3 is 2.45 bits per heavy atom. The van der Waals surface area contributed by atoms with Crippen molar-refractivity contribution in [3.8, 4) is 16.9 Å². The Kier molecular flexibility index (Phi) is 5.22. The van der Waals surface area contributed by atoms with Gasteiger partial charge in [0, 0.05) is 30.2 Å². The van der Waals surface area contributed by atoms with Crippen molar-refractivity contribution in [1.29, 1.82) is 0 Å². The maximum atomic E-state index is 12.8. The van der Waals surface area contributed by atoms with Crippen LogP contribution < -0.4 is 0 Å². The number of hydrogen-bond acceptors (Lipinski definition) is 4. The Labute approximate surface area is 185 Å². The number of amides is 1. The highest BCUT2D eigenvalue weighted by Crippen LogP contribution is 2.39. The largest absolute Gasteiger partial charge is 0.273 e. The van der Waals surface area contributed by atoms with Crippen LogP contribution in [0.2, 0.25) is 0 Å². The third-order valence-corrected chi connectivity index (χ3v) is 6.36. The lowest BCUT2D eigenvalue weighted by Crippen LogP contribution is -2.26. The summed E-state index contributed by atoms with van der Waals surface area (Å²) in [6.07, 6.45) is 3.13. The lowest BCUT2D eigenvalue weighted by Gasteiger charge is -2.21. The third kappa shape index (κ3) is 3.70. The highest BCUT2D eigenvalue weighted by atomic mass is 32.1. The van der Waals surface area contributed by atoms with E-state index in [0.29, 0.717) is 12.8 Å². The van der Waals surface area contributed by atoms with E-state index in [1.54, 1.807) is 16.3 Å². The van der Waals surface area contributed by atoms with Gasteiger partial charge >= 0.3 is 0 Å². The second-order valence-corrected chi connectivity index (χ2v) is 8.36. The molecule has 1 unspecified atom stereocenters. The summed E-state index contributed by atoms with van der Waals surface area (Å²) in [4.78, 5) is 13.9. The summed E-state index contributed by atoms with van der Waals surface area (Å²) >= 11 is 1.65. The Morgan fingerprint density at radius 2 is 1.77 bits per heavy atom. The zero-order valence-corrected chi connectivity index (χ0v) is 18.0. The topological polar surface area (TPSA) is 50.5 Å². The molecule has 0 fully saturated rings. The normalized spacial score (nSPS) is 15.8. The van der Waals surface area contributed by atoms with Crippen molar-refractivity contribution in [2.45, 2.75) is 25.8 Å². The number of carbonyl (C=O) groups is 1. The standard InChI is InChI=1S/C25H22N4OS/c1-2-24(30)29-22(16-21(26-29)23-14-9-15-31-23)20-17-28(19-12-7-4-8-13-19)27-25(20)18-10-5-3-6-11-18/h3-15,17,22H,2,16H2,1H3. The van der Waals surface area contributed by atoms with Crippen LogP contribution in [0.25, 0.3) is 16.9 Å². The number of nitrogens with zero attached hydrogens (tertiary/aromatic N) is 4. The summed E-state index contributed by atoms with van der Waals surface area (Å²) in [6, 6.07) is 24.1. The van der Waals surface area contributed by atoms with E-state index >= 15 is 0 Å². The minimum absolute atomic E-state index is 0.0167. The molecule has 5 nitrogen and oxygen atoms in total. The molecular weight excluding hydrogens is 404 g/mol. The monoisotopic (exact) mass is 426 g/mol. The molecule has 31 heavy (non-hydrogen) atoms. The number of carbonyl (C=O) groups excluding carboxylic acids is 1. The molecule has 0 N–H and O–H groups in total. The fraction of sp³-hybridized carbons (Fsp3) is 0.160. The molecular formula is C25H22N4OS. The number of benzene rings is 2. The predicted molar refractivity (Wildman–Crippen MR) is 124 cm³/mol. The molecule has 5 rings (SSSR count). The first-order chi connectivity index (χ1) is 15.2. The second-order valence-electron chi connectivity index (χ2n) is 7.41. The SMILES string of the molecule is CCC(=O)N1N=C(c2cccs2)CC1c1cn(-c2ccccc2)nc1-c1ccccc1. The fourth-order valence-electron chi connectivity index (χ4n) is 3.90. The van der Waals surface area contributed by atoms with Crippen molar-refractivity contribution >= 4 is 23.0 Å². The Bertz CT molecular complexity index is 1210. The fourth-order valence-corrected chi connectivity index (χ4v) is 4.62. The molecule has 0 bridgehead atoms. The molecule has 0 saturated carbocycles. The molecule has 2 aromatic heterocycles. The van der Waals surface area contributed by atoms with Crippen molar-refractivity contribution < 1.29 is 4.79 Å². The predicted octanol–water partition coefficient (Wildman–Crippen LogP) is 5.69. The average molecular weight is 427 g/mol. The molecule has 154 valence electrons. The number of thiophene rings is 1. The van der Waals surface area contributed by atoms with Crippen LogP contribution in [0, 0.1) is 0 Å². The Hall–Kier alpha value is -3.51. The molecule has 2 aromatic carbocycles. The van der Waals surface area contributed by atoms with E-state index in [1.165, 1.54) is 0 Å². The Morgan fingerprint density at radius 1 is 1.03 bits per heavy atom. The van der Waals surface area contributed by atoms with Crippen molar-refractivity contribution in [3.05, 3.63) is 94.8 Å². The van der Waals surface area contributed by atoms with Gasteiger partial charge in [-0.3, -0.25) is 4.79 Å². The average Bonchev–Trinajstić information content (AvgIpc) is 3.58. The van der Waals surface area contributed by atoms with Crippen LogP contribution in [-0.4, -0.2) is 26.4 Å². The minimum Gasteiger partial charge on any atom is -0.273 e. The summed E-state index contributed by atoms with van der Waals surface area (Å²) in [7, 11) is 0. The van der Waals surface area contributed by atoms with E-state index in [2.05, 4.69) is 18.2 Å². The summed E-state index contributed by atoms with van der Waals surface area (Å²) in [5.41, 5.74) is 4.85. The maximum absolute atomic E-state index is 12.8. The van der Waals surface area contributed by atoms with Gasteiger partial charge in [0.1, 0.15) is 0 Å². The molecule has 1 aliphatic heterocycles. The van der Waals surface area contributed by atoms with Gasteiger partial charge in [-0.2, -0.15) is 10.2 Å². The minimum atomic E-state index is -0.183. The summed E-state index contributed by atoms with van der Waals surface area (Å²) in [6.45, 7) is 1.88. The maximum Gasteiger partial charge on any atom is 0.242 e. The first-order valence-electron chi connectivity index (χ1n) is 10.4. The number of para-hydroxylation sites is 1. The van der Waals surface area contributed by atoms with Gasteiger partial charge in [-0.1, -0.05) is 61.5 Å². The van der Waals surface area contributed by atoms with E-state index < -0.39 is 0 Å². The van der Waals surface area contributed by atoms with Crippen molar-refractivity contribution in [3.63, 3.8) is 0 Å². The van der Waals surface area contributed by atoms with Gasteiger partial charge < -0.3 is 0 Å². The lowest BCUT2D eigenvalue weighted by atomic mass is 9.98. The van der Waals surface area contributed by atoms with Crippen LogP contribution >= 0.6 is 11.3 Å². The molecule has 1 atom stereocenters. The van der Waals surface area contributed by atoms with Crippen LogP contribution in [0.15, 0.2) is 89.5 Å². The first kappa shape index (κ1) is 19.5. The molecule has 1 amide bonds. The lowest BCUT2D eigenvalue weighted by molar-refractivity contribution is -0.132. The Balaban J connectivity index is 1.62. The van der Waals surface area contributed by atoms with Gasteiger partial charge in [0.15, 0.2) is 0 Å². The summed E-state index contributed by atoms with van der Waals surface area (Å²) in [5.74, 6) is 0.0167. The van der Waals surface area contributed by atoms with Crippen LogP contribution in [0.5, 0.6) is 0 Å². The highest BCUT2D eigenvalue weighted by molar-refractivity contribution is 7.12. The van der Waals surface area contributed by atoms with Gasteiger partial charge in [0.05, 0.1) is 28.0 Å². The number of hydrazone groups is 1. The zero-order valence-electron chi connectivity index (χ0n) is 17.2. The van der Waals surface area contributed by atoms with Gasteiger partial charge in [0.2, 0.25) is 5.91 Å². The molecule has 6 heteroatoms. The smallest absolute Gasteiger partial charge is 0.242 e.